The number of rotatable bonds is 6. The lowest BCUT2D eigenvalue weighted by Crippen LogP contribution is -2.38. The van der Waals surface area contributed by atoms with Gasteiger partial charge in [0.1, 0.15) is 16.5 Å². The van der Waals surface area contributed by atoms with Crippen LogP contribution in [0.3, 0.4) is 0 Å². The van der Waals surface area contributed by atoms with E-state index in [0.29, 0.717) is 32.4 Å². The summed E-state index contributed by atoms with van der Waals surface area (Å²) in [6.45, 7) is 1.65. The zero-order valence-corrected chi connectivity index (χ0v) is 17.7. The van der Waals surface area contributed by atoms with E-state index in [1.165, 1.54) is 11.1 Å². The van der Waals surface area contributed by atoms with Gasteiger partial charge in [-0.3, -0.25) is 9.69 Å². The Morgan fingerprint density at radius 2 is 1.72 bits per heavy atom. The van der Waals surface area contributed by atoms with E-state index in [1.807, 2.05) is 0 Å². The SMILES string of the molecule is CC(Oc1ccc(Oc2ncc(Cl)cc2Cl)cc1)C(=O)N(C)c1ncccc1Cl. The minimum atomic E-state index is -0.753. The topological polar surface area (TPSA) is 64.6 Å². The van der Waals surface area contributed by atoms with E-state index in [4.69, 9.17) is 44.3 Å². The lowest BCUT2D eigenvalue weighted by atomic mass is 10.3. The van der Waals surface area contributed by atoms with Crippen LogP contribution in [0.25, 0.3) is 0 Å². The van der Waals surface area contributed by atoms with Gasteiger partial charge in [0.2, 0.25) is 5.88 Å². The van der Waals surface area contributed by atoms with Crippen molar-refractivity contribution in [1.82, 2.24) is 9.97 Å². The first-order chi connectivity index (χ1) is 13.8. The van der Waals surface area contributed by atoms with Gasteiger partial charge < -0.3 is 9.47 Å². The van der Waals surface area contributed by atoms with E-state index in [9.17, 15) is 4.79 Å². The molecule has 1 unspecified atom stereocenters. The van der Waals surface area contributed by atoms with Crippen LogP contribution in [0.15, 0.2) is 54.9 Å². The fourth-order valence-corrected chi connectivity index (χ4v) is 3.10. The number of carbonyl (C=O) groups is 1. The molecule has 0 saturated heterocycles. The number of ether oxygens (including phenoxy) is 2. The summed E-state index contributed by atoms with van der Waals surface area (Å²) in [5.41, 5.74) is 0. The molecule has 1 aromatic carbocycles. The van der Waals surface area contributed by atoms with Crippen molar-refractivity contribution < 1.29 is 14.3 Å². The highest BCUT2D eigenvalue weighted by Crippen LogP contribution is 2.30. The Morgan fingerprint density at radius 3 is 2.38 bits per heavy atom. The van der Waals surface area contributed by atoms with E-state index in [2.05, 4.69) is 9.97 Å². The summed E-state index contributed by atoms with van der Waals surface area (Å²) in [7, 11) is 1.59. The molecule has 2 heterocycles. The summed E-state index contributed by atoms with van der Waals surface area (Å²) in [5, 5.41) is 1.10. The second-order valence-corrected chi connectivity index (χ2v) is 7.23. The van der Waals surface area contributed by atoms with Crippen molar-refractivity contribution in [2.75, 3.05) is 11.9 Å². The summed E-state index contributed by atoms with van der Waals surface area (Å²) < 4.78 is 11.4. The van der Waals surface area contributed by atoms with Crippen molar-refractivity contribution in [1.29, 1.82) is 0 Å². The molecule has 0 aliphatic heterocycles. The van der Waals surface area contributed by atoms with E-state index < -0.39 is 6.10 Å². The first-order valence-electron chi connectivity index (χ1n) is 8.49. The van der Waals surface area contributed by atoms with Crippen molar-refractivity contribution in [3.63, 3.8) is 0 Å². The van der Waals surface area contributed by atoms with E-state index in [1.54, 1.807) is 62.6 Å². The Kier molecular flexibility index (Phi) is 6.79. The summed E-state index contributed by atoms with van der Waals surface area (Å²) in [6, 6.07) is 11.6. The van der Waals surface area contributed by atoms with Crippen LogP contribution in [0.1, 0.15) is 6.92 Å². The lowest BCUT2D eigenvalue weighted by molar-refractivity contribution is -0.124. The maximum atomic E-state index is 12.6. The fraction of sp³-hybridized carbons (Fsp3) is 0.150. The molecule has 1 atom stereocenters. The smallest absolute Gasteiger partial charge is 0.268 e. The van der Waals surface area contributed by atoms with Crippen molar-refractivity contribution in [2.45, 2.75) is 13.0 Å². The Balaban J connectivity index is 1.64. The molecule has 0 spiro atoms. The van der Waals surface area contributed by atoms with Gasteiger partial charge in [0.05, 0.1) is 10.0 Å². The van der Waals surface area contributed by atoms with Gasteiger partial charge >= 0.3 is 0 Å². The molecule has 150 valence electrons. The third-order valence-corrected chi connectivity index (χ3v) is 4.63. The van der Waals surface area contributed by atoms with Gasteiger partial charge in [-0.15, -0.1) is 0 Å². The molecule has 3 aromatic rings. The molecule has 6 nitrogen and oxygen atoms in total. The van der Waals surface area contributed by atoms with Crippen molar-refractivity contribution in [2.24, 2.45) is 0 Å². The molecule has 3 rings (SSSR count). The summed E-state index contributed by atoms with van der Waals surface area (Å²) in [4.78, 5) is 22.1. The molecule has 29 heavy (non-hydrogen) atoms. The number of pyridine rings is 2. The van der Waals surface area contributed by atoms with Crippen LogP contribution >= 0.6 is 34.8 Å². The van der Waals surface area contributed by atoms with Crippen LogP contribution in [-0.4, -0.2) is 29.0 Å². The summed E-state index contributed by atoms with van der Waals surface area (Å²) in [5.74, 6) is 1.32. The van der Waals surface area contributed by atoms with Crippen LogP contribution in [0, 0.1) is 0 Å². The van der Waals surface area contributed by atoms with Crippen molar-refractivity contribution in [3.8, 4) is 17.4 Å². The Bertz CT molecular complexity index is 1020. The number of nitrogens with zero attached hydrogens (tertiary/aromatic N) is 3. The fourth-order valence-electron chi connectivity index (χ4n) is 2.43. The Hall–Kier alpha value is -2.54. The number of amides is 1. The molecule has 0 bridgehead atoms. The van der Waals surface area contributed by atoms with Crippen LogP contribution in [0.2, 0.25) is 15.1 Å². The highest BCUT2D eigenvalue weighted by atomic mass is 35.5. The molecule has 0 aliphatic rings. The second kappa shape index (κ2) is 9.31. The molecule has 9 heteroatoms. The van der Waals surface area contributed by atoms with Crippen molar-refractivity contribution >= 4 is 46.5 Å². The number of hydrogen-bond acceptors (Lipinski definition) is 5. The highest BCUT2D eigenvalue weighted by Gasteiger charge is 2.22. The predicted molar refractivity (Wildman–Crippen MR) is 114 cm³/mol. The second-order valence-electron chi connectivity index (χ2n) is 5.98. The number of aromatic nitrogens is 2. The summed E-state index contributed by atoms with van der Waals surface area (Å²) >= 11 is 18.0. The number of halogens is 3. The Labute approximate surface area is 183 Å². The minimum Gasteiger partial charge on any atom is -0.481 e. The van der Waals surface area contributed by atoms with E-state index in [0.717, 1.165) is 0 Å². The number of anilines is 1. The van der Waals surface area contributed by atoms with Gasteiger partial charge in [-0.05, 0) is 49.4 Å². The molecule has 0 aliphatic carbocycles. The van der Waals surface area contributed by atoms with Gasteiger partial charge in [-0.2, -0.15) is 0 Å². The standard InChI is InChI=1S/C20H16Cl3N3O3/c1-12(20(27)26(2)18-16(22)4-3-9-24-18)28-14-5-7-15(8-6-14)29-19-17(23)10-13(21)11-25-19/h3-12H,1-2H3. The largest absolute Gasteiger partial charge is 0.481 e. The molecule has 0 saturated carbocycles. The third-order valence-electron chi connectivity index (χ3n) is 3.86. The first-order valence-corrected chi connectivity index (χ1v) is 9.62. The number of hydrogen-bond donors (Lipinski definition) is 0. The average Bonchev–Trinajstić information content (AvgIpc) is 2.70. The summed E-state index contributed by atoms with van der Waals surface area (Å²) in [6.07, 6.45) is 2.26. The molecule has 0 fully saturated rings. The van der Waals surface area contributed by atoms with E-state index in [-0.39, 0.29) is 11.8 Å². The third kappa shape index (κ3) is 5.29. The Morgan fingerprint density at radius 1 is 1.03 bits per heavy atom. The molecular weight excluding hydrogens is 437 g/mol. The zero-order valence-electron chi connectivity index (χ0n) is 15.5. The minimum absolute atomic E-state index is 0.238. The molecule has 2 aromatic heterocycles. The zero-order chi connectivity index (χ0) is 21.0. The predicted octanol–water partition coefficient (Wildman–Crippen LogP) is 5.66. The van der Waals surface area contributed by atoms with Crippen LogP contribution in [0.4, 0.5) is 5.82 Å². The van der Waals surface area contributed by atoms with Crippen LogP contribution in [-0.2, 0) is 4.79 Å². The maximum absolute atomic E-state index is 12.6. The van der Waals surface area contributed by atoms with Gasteiger partial charge in [-0.1, -0.05) is 34.8 Å². The van der Waals surface area contributed by atoms with E-state index >= 15 is 0 Å². The lowest BCUT2D eigenvalue weighted by Gasteiger charge is -2.22. The van der Waals surface area contributed by atoms with Gasteiger partial charge in [0.15, 0.2) is 11.9 Å². The normalized spacial score (nSPS) is 11.6. The van der Waals surface area contributed by atoms with Gasteiger partial charge in [0, 0.05) is 19.4 Å². The maximum Gasteiger partial charge on any atom is 0.268 e. The van der Waals surface area contributed by atoms with Gasteiger partial charge in [0.25, 0.3) is 5.91 Å². The van der Waals surface area contributed by atoms with Crippen LogP contribution in [0.5, 0.6) is 17.4 Å². The van der Waals surface area contributed by atoms with Crippen LogP contribution < -0.4 is 14.4 Å². The molecule has 0 N–H and O–H groups in total. The first kappa shape index (κ1) is 21.2. The average molecular weight is 453 g/mol. The number of likely N-dealkylation sites (N-methyl/N-ethyl adjacent to an activating group) is 1. The molecule has 0 radical (unpaired) electrons. The molecular formula is C20H16Cl3N3O3. The van der Waals surface area contributed by atoms with Gasteiger partial charge in [-0.25, -0.2) is 9.97 Å². The monoisotopic (exact) mass is 451 g/mol. The molecule has 1 amide bonds. The highest BCUT2D eigenvalue weighted by molar-refractivity contribution is 6.35. The quantitative estimate of drug-likeness (QED) is 0.483. The number of benzene rings is 1. The van der Waals surface area contributed by atoms with Crippen molar-refractivity contribution in [3.05, 3.63) is 69.9 Å². The number of carbonyl (C=O) groups excluding carboxylic acids is 1.